The molecule has 0 radical (unpaired) electrons. The Morgan fingerprint density at radius 1 is 0.946 bits per heavy atom. The van der Waals surface area contributed by atoms with Gasteiger partial charge in [0.05, 0.1) is 12.5 Å². The minimum Gasteiger partial charge on any atom is -0.448 e. The topological polar surface area (TPSA) is 95.9 Å². The number of ether oxygens (including phenoxy) is 1. The van der Waals surface area contributed by atoms with E-state index in [2.05, 4.69) is 5.32 Å². The fourth-order valence-electron chi connectivity index (χ4n) is 4.75. The normalized spacial score (nSPS) is 20.8. The van der Waals surface area contributed by atoms with E-state index in [1.807, 2.05) is 91.0 Å². The summed E-state index contributed by atoms with van der Waals surface area (Å²) in [7, 11) is 0. The molecule has 0 saturated carbocycles. The van der Waals surface area contributed by atoms with Crippen molar-refractivity contribution in [2.45, 2.75) is 29.7 Å². The molecule has 2 amide bonds. The summed E-state index contributed by atoms with van der Waals surface area (Å²) in [6.07, 6.45) is -0.726. The minimum atomic E-state index is -0.734. The average molecular weight is 515 g/mol. The zero-order valence-electron chi connectivity index (χ0n) is 20.1. The quantitative estimate of drug-likeness (QED) is 0.369. The number of hydrogen-bond acceptors (Lipinski definition) is 6. The van der Waals surface area contributed by atoms with Crippen LogP contribution in [0.15, 0.2) is 102 Å². The number of nitrogens with one attached hydrogen (secondary N) is 1. The van der Waals surface area contributed by atoms with Gasteiger partial charge in [-0.25, -0.2) is 4.79 Å². The Morgan fingerprint density at radius 2 is 1.49 bits per heavy atom. The van der Waals surface area contributed by atoms with Crippen LogP contribution in [-0.2, 0) is 19.1 Å². The molecule has 1 saturated heterocycles. The molecule has 2 heterocycles. The predicted octanol–water partition coefficient (Wildman–Crippen LogP) is 3.73. The summed E-state index contributed by atoms with van der Waals surface area (Å²) in [6.45, 7) is 0.859. The summed E-state index contributed by atoms with van der Waals surface area (Å²) < 4.78 is 6.07. The van der Waals surface area contributed by atoms with Gasteiger partial charge in [-0.15, -0.1) is 11.8 Å². The zero-order chi connectivity index (χ0) is 25.9. The number of carbonyl (C=O) groups excluding carboxylic acids is 3. The van der Waals surface area contributed by atoms with Crippen molar-refractivity contribution in [3.8, 4) is 0 Å². The van der Waals surface area contributed by atoms with E-state index in [0.717, 1.165) is 16.7 Å². The van der Waals surface area contributed by atoms with E-state index in [4.69, 9.17) is 4.74 Å². The van der Waals surface area contributed by atoms with Crippen LogP contribution in [0.1, 0.15) is 35.6 Å². The van der Waals surface area contributed by atoms with Gasteiger partial charge >= 0.3 is 5.97 Å². The third-order valence-corrected chi connectivity index (χ3v) is 7.90. The van der Waals surface area contributed by atoms with Crippen LogP contribution in [0.4, 0.5) is 0 Å². The standard InChI is InChI=1S/C29H26N2O5S/c1-18(33)30-26-22(17-32)24(31-27(34)23(28(31)37-26)19-11-5-2-6-12-19)29(35)36-25(20-13-7-3-8-14-20)21-15-9-4-10-16-21/h2-16,23,25-26,28,32H,17H2,1H3,(H,30,33)/t23?,26?,28-/m1/s1. The van der Waals surface area contributed by atoms with Crippen molar-refractivity contribution in [1.82, 2.24) is 10.2 Å². The molecule has 7 nitrogen and oxygen atoms in total. The van der Waals surface area contributed by atoms with Gasteiger partial charge in [-0.2, -0.15) is 0 Å². The largest absolute Gasteiger partial charge is 0.448 e. The number of carbonyl (C=O) groups is 3. The van der Waals surface area contributed by atoms with E-state index >= 15 is 0 Å². The molecule has 3 aromatic carbocycles. The Balaban J connectivity index is 1.54. The van der Waals surface area contributed by atoms with Crippen molar-refractivity contribution in [3.63, 3.8) is 0 Å². The zero-order valence-corrected chi connectivity index (χ0v) is 20.9. The number of rotatable bonds is 7. The number of aliphatic hydroxyl groups is 1. The fraction of sp³-hybridized carbons (Fsp3) is 0.207. The second kappa shape index (κ2) is 10.6. The summed E-state index contributed by atoms with van der Waals surface area (Å²) >= 11 is 1.33. The van der Waals surface area contributed by atoms with Gasteiger partial charge in [0.2, 0.25) is 11.8 Å². The summed E-state index contributed by atoms with van der Waals surface area (Å²) in [5.41, 5.74) is 2.59. The van der Waals surface area contributed by atoms with Gasteiger partial charge in [-0.05, 0) is 16.7 Å². The summed E-state index contributed by atoms with van der Waals surface area (Å²) in [5.74, 6) is -1.77. The van der Waals surface area contributed by atoms with Crippen molar-refractivity contribution in [1.29, 1.82) is 0 Å². The first-order valence-electron chi connectivity index (χ1n) is 11.9. The van der Waals surface area contributed by atoms with Crippen LogP contribution in [-0.4, -0.2) is 45.1 Å². The third kappa shape index (κ3) is 4.77. The van der Waals surface area contributed by atoms with Crippen molar-refractivity contribution >= 4 is 29.5 Å². The smallest absolute Gasteiger partial charge is 0.356 e. The highest BCUT2D eigenvalue weighted by Gasteiger charge is 2.56. The number of amides is 2. The van der Waals surface area contributed by atoms with Crippen LogP contribution in [0.5, 0.6) is 0 Å². The van der Waals surface area contributed by atoms with E-state index in [9.17, 15) is 19.5 Å². The first kappa shape index (κ1) is 24.8. The van der Waals surface area contributed by atoms with Crippen molar-refractivity contribution in [2.24, 2.45) is 0 Å². The molecule has 2 unspecified atom stereocenters. The Kier molecular flexibility index (Phi) is 7.12. The number of nitrogens with zero attached hydrogens (tertiary/aromatic N) is 1. The number of aliphatic hydroxyl groups excluding tert-OH is 1. The highest BCUT2D eigenvalue weighted by Crippen LogP contribution is 2.50. The maximum Gasteiger partial charge on any atom is 0.356 e. The summed E-state index contributed by atoms with van der Waals surface area (Å²) in [4.78, 5) is 40.7. The molecule has 188 valence electrons. The van der Waals surface area contributed by atoms with Crippen LogP contribution in [0.25, 0.3) is 0 Å². The maximum atomic E-state index is 13.8. The van der Waals surface area contributed by atoms with Gasteiger partial charge in [0.1, 0.15) is 16.4 Å². The van der Waals surface area contributed by atoms with Crippen LogP contribution < -0.4 is 5.32 Å². The van der Waals surface area contributed by atoms with Gasteiger partial charge < -0.3 is 15.2 Å². The van der Waals surface area contributed by atoms with Crippen molar-refractivity contribution in [3.05, 3.63) is 119 Å². The van der Waals surface area contributed by atoms with E-state index in [0.29, 0.717) is 0 Å². The Morgan fingerprint density at radius 3 is 2.00 bits per heavy atom. The van der Waals surface area contributed by atoms with E-state index in [1.54, 1.807) is 0 Å². The van der Waals surface area contributed by atoms with E-state index in [-0.39, 0.29) is 23.1 Å². The molecule has 8 heteroatoms. The van der Waals surface area contributed by atoms with E-state index in [1.165, 1.54) is 23.6 Å². The van der Waals surface area contributed by atoms with Crippen molar-refractivity contribution < 1.29 is 24.2 Å². The molecule has 2 aliphatic heterocycles. The molecule has 37 heavy (non-hydrogen) atoms. The number of benzene rings is 3. The van der Waals surface area contributed by atoms with Crippen LogP contribution in [0.3, 0.4) is 0 Å². The SMILES string of the molecule is CC(=O)NC1S[C@@H]2C(c3ccccc3)C(=O)N2C(C(=O)OC(c2ccccc2)c2ccccc2)=C1CO. The van der Waals surface area contributed by atoms with Gasteiger partial charge in [-0.1, -0.05) is 91.0 Å². The Hall–Kier alpha value is -3.88. The molecular formula is C29H26N2O5S. The molecule has 2 aliphatic rings. The van der Waals surface area contributed by atoms with Gasteiger partial charge in [0, 0.05) is 12.5 Å². The first-order chi connectivity index (χ1) is 18.0. The molecule has 0 aromatic heterocycles. The molecule has 0 aliphatic carbocycles. The fourth-order valence-corrected chi connectivity index (χ4v) is 6.37. The predicted molar refractivity (Wildman–Crippen MR) is 140 cm³/mol. The summed E-state index contributed by atoms with van der Waals surface area (Å²) in [6, 6.07) is 28.0. The second-order valence-corrected chi connectivity index (χ2v) is 10.1. The third-order valence-electron chi connectivity index (χ3n) is 6.47. The lowest BCUT2D eigenvalue weighted by Gasteiger charge is -2.51. The van der Waals surface area contributed by atoms with Crippen LogP contribution in [0.2, 0.25) is 0 Å². The minimum absolute atomic E-state index is 0.0148. The molecule has 0 spiro atoms. The monoisotopic (exact) mass is 514 g/mol. The van der Waals surface area contributed by atoms with Gasteiger partial charge in [-0.3, -0.25) is 14.5 Å². The molecule has 3 atom stereocenters. The van der Waals surface area contributed by atoms with E-state index < -0.39 is 35.3 Å². The first-order valence-corrected chi connectivity index (χ1v) is 12.9. The Bertz CT molecular complexity index is 1290. The highest BCUT2D eigenvalue weighted by atomic mass is 32.2. The Labute approximate surface area is 219 Å². The van der Waals surface area contributed by atoms with Crippen LogP contribution in [0, 0.1) is 0 Å². The second-order valence-electron chi connectivity index (χ2n) is 8.84. The molecule has 1 fully saturated rings. The van der Waals surface area contributed by atoms with Crippen molar-refractivity contribution in [2.75, 3.05) is 6.61 Å². The maximum absolute atomic E-state index is 13.8. The molecule has 5 rings (SSSR count). The van der Waals surface area contributed by atoms with Gasteiger partial charge in [0.15, 0.2) is 6.10 Å². The molecule has 2 N–H and O–H groups in total. The molecule has 3 aromatic rings. The van der Waals surface area contributed by atoms with Gasteiger partial charge in [0.25, 0.3) is 0 Å². The van der Waals surface area contributed by atoms with Crippen LogP contribution >= 0.6 is 11.8 Å². The average Bonchev–Trinajstić information content (AvgIpc) is 2.92. The lowest BCUT2D eigenvalue weighted by Crippen LogP contribution is -2.62. The number of thioether (sulfide) groups is 1. The molecular weight excluding hydrogens is 488 g/mol. The number of esters is 1. The number of β-lactam (4-membered cyclic amide) rings is 1. The lowest BCUT2D eigenvalue weighted by molar-refractivity contribution is -0.153. The number of fused-ring (bicyclic) bond motifs is 1. The lowest BCUT2D eigenvalue weighted by atomic mass is 9.88. The number of hydrogen-bond donors (Lipinski definition) is 2. The molecule has 0 bridgehead atoms. The summed E-state index contributed by atoms with van der Waals surface area (Å²) in [5, 5.41) is 12.0. The highest BCUT2D eigenvalue weighted by molar-refractivity contribution is 8.00.